The van der Waals surface area contributed by atoms with Crippen molar-refractivity contribution in [3.63, 3.8) is 0 Å². The lowest BCUT2D eigenvalue weighted by molar-refractivity contribution is -0.120. The zero-order chi connectivity index (χ0) is 16.2. The quantitative estimate of drug-likeness (QED) is 0.772. The molecule has 0 unspecified atom stereocenters. The summed E-state index contributed by atoms with van der Waals surface area (Å²) in [5.41, 5.74) is 2.01. The van der Waals surface area contributed by atoms with E-state index in [1.54, 1.807) is 18.6 Å². The average molecular weight is 422 g/mol. The van der Waals surface area contributed by atoms with Crippen LogP contribution in [0.1, 0.15) is 18.4 Å². The number of nitrogens with one attached hydrogen (secondary N) is 1. The molecule has 1 aromatic carbocycles. The van der Waals surface area contributed by atoms with Crippen LogP contribution in [0.25, 0.3) is 0 Å². The average Bonchev–Trinajstić information content (AvgIpc) is 2.58. The highest BCUT2D eigenvalue weighted by molar-refractivity contribution is 14.1. The zero-order valence-electron chi connectivity index (χ0n) is 13.0. The molecule has 5 nitrogen and oxygen atoms in total. The van der Waals surface area contributed by atoms with Crippen molar-refractivity contribution < 1.29 is 4.79 Å². The maximum atomic E-state index is 12.5. The fourth-order valence-electron chi connectivity index (χ4n) is 2.83. The Morgan fingerprint density at radius 1 is 1.30 bits per heavy atom. The monoisotopic (exact) mass is 422 g/mol. The molecule has 1 N–H and O–H groups in total. The maximum Gasteiger partial charge on any atom is 0.227 e. The van der Waals surface area contributed by atoms with Gasteiger partial charge in [0.1, 0.15) is 5.82 Å². The van der Waals surface area contributed by atoms with Crippen molar-refractivity contribution in [2.24, 2.45) is 5.92 Å². The highest BCUT2D eigenvalue weighted by Crippen LogP contribution is 2.24. The smallest absolute Gasteiger partial charge is 0.227 e. The number of hydrogen-bond donors (Lipinski definition) is 1. The van der Waals surface area contributed by atoms with Gasteiger partial charge in [0.25, 0.3) is 0 Å². The second-order valence-electron chi connectivity index (χ2n) is 5.77. The number of anilines is 2. The van der Waals surface area contributed by atoms with E-state index >= 15 is 0 Å². The van der Waals surface area contributed by atoms with Crippen molar-refractivity contribution in [1.82, 2.24) is 9.97 Å². The summed E-state index contributed by atoms with van der Waals surface area (Å²) in [6, 6.07) is 6.07. The third-order valence-electron chi connectivity index (χ3n) is 4.19. The fourth-order valence-corrected chi connectivity index (χ4v) is 3.47. The summed E-state index contributed by atoms with van der Waals surface area (Å²) in [6.45, 7) is 3.69. The summed E-state index contributed by atoms with van der Waals surface area (Å²) in [7, 11) is 0. The van der Waals surface area contributed by atoms with E-state index in [4.69, 9.17) is 0 Å². The molecule has 1 aliphatic heterocycles. The van der Waals surface area contributed by atoms with Crippen molar-refractivity contribution in [2.45, 2.75) is 19.8 Å². The summed E-state index contributed by atoms with van der Waals surface area (Å²) in [5, 5.41) is 3.07. The van der Waals surface area contributed by atoms with Crippen molar-refractivity contribution in [1.29, 1.82) is 0 Å². The number of aryl methyl sites for hydroxylation is 1. The number of amides is 1. The minimum Gasteiger partial charge on any atom is -0.355 e. The van der Waals surface area contributed by atoms with Gasteiger partial charge >= 0.3 is 0 Å². The molecule has 3 rings (SSSR count). The van der Waals surface area contributed by atoms with Gasteiger partial charge in [0.2, 0.25) is 5.91 Å². The normalized spacial score (nSPS) is 15.5. The lowest BCUT2D eigenvalue weighted by Gasteiger charge is -2.31. The molecule has 0 aliphatic carbocycles. The van der Waals surface area contributed by atoms with E-state index in [1.165, 1.54) is 3.57 Å². The number of halogens is 1. The molecule has 1 aliphatic rings. The van der Waals surface area contributed by atoms with E-state index < -0.39 is 0 Å². The van der Waals surface area contributed by atoms with Crippen LogP contribution in [0, 0.1) is 16.4 Å². The van der Waals surface area contributed by atoms with Crippen LogP contribution in [-0.4, -0.2) is 29.0 Å². The lowest BCUT2D eigenvalue weighted by atomic mass is 9.95. The van der Waals surface area contributed by atoms with Gasteiger partial charge in [0.05, 0.1) is 6.20 Å². The summed E-state index contributed by atoms with van der Waals surface area (Å²) >= 11 is 2.28. The van der Waals surface area contributed by atoms with E-state index in [2.05, 4.69) is 48.8 Å². The number of rotatable bonds is 3. The van der Waals surface area contributed by atoms with Gasteiger partial charge in [-0.05, 0) is 66.1 Å². The van der Waals surface area contributed by atoms with Crippen LogP contribution in [0.5, 0.6) is 0 Å². The van der Waals surface area contributed by atoms with Gasteiger partial charge in [-0.3, -0.25) is 9.78 Å². The second-order valence-corrected chi connectivity index (χ2v) is 7.02. The third kappa shape index (κ3) is 3.99. The molecule has 1 fully saturated rings. The van der Waals surface area contributed by atoms with Gasteiger partial charge in [0, 0.05) is 40.7 Å². The summed E-state index contributed by atoms with van der Waals surface area (Å²) in [4.78, 5) is 23.1. The molecule has 1 saturated heterocycles. The van der Waals surface area contributed by atoms with E-state index in [0.29, 0.717) is 0 Å². The minimum absolute atomic E-state index is 0.0570. The summed E-state index contributed by atoms with van der Waals surface area (Å²) in [5.74, 6) is 1.06. The van der Waals surface area contributed by atoms with Crippen LogP contribution in [-0.2, 0) is 4.79 Å². The summed E-state index contributed by atoms with van der Waals surface area (Å²) < 4.78 is 1.18. The molecule has 1 aromatic heterocycles. The van der Waals surface area contributed by atoms with Crippen LogP contribution in [0.3, 0.4) is 0 Å². The number of nitrogens with zero attached hydrogens (tertiary/aromatic N) is 3. The van der Waals surface area contributed by atoms with Crippen LogP contribution >= 0.6 is 22.6 Å². The highest BCUT2D eigenvalue weighted by atomic mass is 127. The lowest BCUT2D eigenvalue weighted by Crippen LogP contribution is -2.38. The van der Waals surface area contributed by atoms with Gasteiger partial charge in [-0.25, -0.2) is 4.98 Å². The zero-order valence-corrected chi connectivity index (χ0v) is 15.2. The largest absolute Gasteiger partial charge is 0.355 e. The first-order chi connectivity index (χ1) is 11.1. The summed E-state index contributed by atoms with van der Waals surface area (Å²) in [6.07, 6.45) is 6.83. The first-order valence-corrected chi connectivity index (χ1v) is 8.79. The predicted octanol–water partition coefficient (Wildman–Crippen LogP) is 3.24. The number of hydrogen-bond acceptors (Lipinski definition) is 4. The Morgan fingerprint density at radius 2 is 2.09 bits per heavy atom. The Balaban J connectivity index is 1.58. The molecule has 6 heteroatoms. The molecule has 0 radical (unpaired) electrons. The van der Waals surface area contributed by atoms with Gasteiger partial charge in [-0.15, -0.1) is 0 Å². The molecule has 0 atom stereocenters. The Labute approximate surface area is 149 Å². The highest BCUT2D eigenvalue weighted by Gasteiger charge is 2.25. The van der Waals surface area contributed by atoms with Crippen molar-refractivity contribution in [3.05, 3.63) is 45.9 Å². The topological polar surface area (TPSA) is 58.1 Å². The number of carbonyl (C=O) groups excluding carboxylic acids is 1. The van der Waals surface area contributed by atoms with E-state index in [0.717, 1.165) is 43.0 Å². The number of aromatic nitrogens is 2. The fraction of sp³-hybridized carbons (Fsp3) is 0.353. The van der Waals surface area contributed by atoms with Crippen molar-refractivity contribution in [3.8, 4) is 0 Å². The van der Waals surface area contributed by atoms with Gasteiger partial charge < -0.3 is 10.2 Å². The number of benzene rings is 1. The molecule has 0 bridgehead atoms. The van der Waals surface area contributed by atoms with Crippen LogP contribution in [0.4, 0.5) is 11.5 Å². The molecular formula is C17H19IN4O. The van der Waals surface area contributed by atoms with Crippen LogP contribution < -0.4 is 10.2 Å². The second kappa shape index (κ2) is 7.25. The standard InChI is InChI=1S/C17H19IN4O/c1-12-10-14(18)2-3-15(12)21-17(23)13-4-8-22(9-5-13)16-11-19-6-7-20-16/h2-3,6-7,10-11,13H,4-5,8-9H2,1H3,(H,21,23). The first-order valence-electron chi connectivity index (χ1n) is 7.71. The van der Waals surface area contributed by atoms with Crippen molar-refractivity contribution >= 4 is 40.0 Å². The first kappa shape index (κ1) is 16.2. The van der Waals surface area contributed by atoms with Crippen LogP contribution in [0.2, 0.25) is 0 Å². The Kier molecular flexibility index (Phi) is 5.09. The third-order valence-corrected chi connectivity index (χ3v) is 4.86. The Bertz CT molecular complexity index is 684. The van der Waals surface area contributed by atoms with Gasteiger partial charge in [-0.2, -0.15) is 0 Å². The van der Waals surface area contributed by atoms with E-state index in [9.17, 15) is 4.79 Å². The van der Waals surface area contributed by atoms with E-state index in [-0.39, 0.29) is 11.8 Å². The van der Waals surface area contributed by atoms with Gasteiger partial charge in [0.15, 0.2) is 0 Å². The van der Waals surface area contributed by atoms with Crippen LogP contribution in [0.15, 0.2) is 36.8 Å². The van der Waals surface area contributed by atoms with Crippen molar-refractivity contribution in [2.75, 3.05) is 23.3 Å². The SMILES string of the molecule is Cc1cc(I)ccc1NC(=O)C1CCN(c2cnccn2)CC1. The molecular weight excluding hydrogens is 403 g/mol. The van der Waals surface area contributed by atoms with E-state index in [1.807, 2.05) is 19.1 Å². The van der Waals surface area contributed by atoms with Gasteiger partial charge in [-0.1, -0.05) is 0 Å². The number of piperidine rings is 1. The molecule has 23 heavy (non-hydrogen) atoms. The number of carbonyl (C=O) groups is 1. The molecule has 2 aromatic rings. The molecule has 1 amide bonds. The molecule has 0 saturated carbocycles. The molecule has 120 valence electrons. The Hall–Kier alpha value is -1.70. The molecule has 2 heterocycles. The minimum atomic E-state index is 0.0570. The predicted molar refractivity (Wildman–Crippen MR) is 99.5 cm³/mol. The maximum absolute atomic E-state index is 12.5. The Morgan fingerprint density at radius 3 is 2.74 bits per heavy atom. The molecule has 0 spiro atoms.